The molecule has 0 spiro atoms. The second-order valence-electron chi connectivity index (χ2n) is 7.75. The molecule has 0 aromatic heterocycles. The van der Waals surface area contributed by atoms with Gasteiger partial charge in [0.15, 0.2) is 0 Å². The Morgan fingerprint density at radius 1 is 0.517 bits per heavy atom. The average Bonchev–Trinajstić information content (AvgIpc) is 2.51. The molecule has 3 aromatic carbocycles. The molecule has 3 aromatic rings. The fourth-order valence-electron chi connectivity index (χ4n) is 4.08. The minimum Gasteiger partial charge on any atom is -0.0936 e. The van der Waals surface area contributed by atoms with Crippen LogP contribution in [0.15, 0.2) is 53.4 Å². The fraction of sp³-hybridized carbons (Fsp3) is 0.217. The normalized spacial score (nSPS) is 14.4. The largest absolute Gasteiger partial charge is 0.310 e. The Morgan fingerprint density at radius 2 is 0.897 bits per heavy atom. The van der Waals surface area contributed by atoms with E-state index in [4.69, 9.17) is 0 Å². The lowest BCUT2D eigenvalue weighted by Crippen LogP contribution is -2.05. The Kier molecular flexibility index (Phi) is 4.48. The molecule has 0 N–H and O–H groups in total. The molecule has 0 unspecified atom stereocenters. The van der Waals surface area contributed by atoms with Crippen LogP contribution in [0.2, 0.25) is 0 Å². The third-order valence-electron chi connectivity index (χ3n) is 5.09. The van der Waals surface area contributed by atoms with E-state index in [2.05, 4.69) is 12.1 Å². The highest BCUT2D eigenvalue weighted by atomic mass is 32.5. The molecule has 0 saturated heterocycles. The number of halogens is 5. The Bertz CT molecular complexity index is 1070. The van der Waals surface area contributed by atoms with Crippen molar-refractivity contribution in [1.29, 1.82) is 0 Å². The Hall–Kier alpha value is -2.34. The van der Waals surface area contributed by atoms with Crippen molar-refractivity contribution in [3.8, 4) is 22.3 Å². The van der Waals surface area contributed by atoms with Crippen molar-refractivity contribution in [2.24, 2.45) is 0 Å². The maximum absolute atomic E-state index is 13.0. The summed E-state index contributed by atoms with van der Waals surface area (Å²) >= 11 is 0. The van der Waals surface area contributed by atoms with Crippen LogP contribution in [0.5, 0.6) is 0 Å². The molecule has 0 saturated carbocycles. The molecule has 0 aliphatic rings. The van der Waals surface area contributed by atoms with Gasteiger partial charge in [0.25, 0.3) is 0 Å². The van der Waals surface area contributed by atoms with Gasteiger partial charge >= 0.3 is 10.2 Å². The van der Waals surface area contributed by atoms with Gasteiger partial charge in [0.1, 0.15) is 4.90 Å². The first-order valence-electron chi connectivity index (χ1n) is 9.11. The van der Waals surface area contributed by atoms with Gasteiger partial charge in [0.2, 0.25) is 0 Å². The number of benzene rings is 3. The lowest BCUT2D eigenvalue weighted by molar-refractivity contribution is 0.364. The van der Waals surface area contributed by atoms with Gasteiger partial charge in [0, 0.05) is 0 Å². The first kappa shape index (κ1) is 21.4. The minimum atomic E-state index is -9.67. The highest BCUT2D eigenvalue weighted by Crippen LogP contribution is 3.02. The van der Waals surface area contributed by atoms with Crippen LogP contribution >= 0.6 is 10.2 Å². The van der Waals surface area contributed by atoms with Gasteiger partial charge in [-0.25, -0.2) is 0 Å². The Morgan fingerprint density at radius 3 is 1.31 bits per heavy atom. The summed E-state index contributed by atoms with van der Waals surface area (Å²) < 4.78 is 64.9. The zero-order valence-corrected chi connectivity index (χ0v) is 17.7. The molecule has 0 bridgehead atoms. The van der Waals surface area contributed by atoms with Crippen LogP contribution in [0, 0.1) is 34.6 Å². The van der Waals surface area contributed by atoms with Gasteiger partial charge in [-0.15, -0.1) is 0 Å². The minimum absolute atomic E-state index is 0.470. The van der Waals surface area contributed by atoms with Crippen molar-refractivity contribution >= 4 is 10.2 Å². The third-order valence-corrected chi connectivity index (χ3v) is 6.25. The van der Waals surface area contributed by atoms with Crippen molar-refractivity contribution in [1.82, 2.24) is 0 Å². The van der Waals surface area contributed by atoms with Gasteiger partial charge < -0.3 is 0 Å². The molecule has 0 radical (unpaired) electrons. The molecular weight excluding hydrogens is 403 g/mol. The molecule has 0 nitrogen and oxygen atoms in total. The summed E-state index contributed by atoms with van der Waals surface area (Å²) in [6, 6.07) is 11.4. The van der Waals surface area contributed by atoms with Crippen LogP contribution in [0.3, 0.4) is 0 Å². The topological polar surface area (TPSA) is 0 Å². The molecule has 0 aliphatic carbocycles. The molecule has 3 rings (SSSR count). The summed E-state index contributed by atoms with van der Waals surface area (Å²) in [5.74, 6) is 0. The summed E-state index contributed by atoms with van der Waals surface area (Å²) in [5, 5.41) is 0. The standard InChI is InChI=1S/C23H23F5S/c1-14-10-15(2)23(16(3)11-14)20-12-17(4)22(18(5)13-20)19-6-8-21(9-7-19)29(24,25,26,27)28/h6-13H,1-5H3. The molecule has 29 heavy (non-hydrogen) atoms. The zero-order valence-electron chi connectivity index (χ0n) is 16.9. The number of rotatable bonds is 3. The maximum atomic E-state index is 13.0. The highest BCUT2D eigenvalue weighted by molar-refractivity contribution is 8.45. The van der Waals surface area contributed by atoms with E-state index in [1.54, 1.807) is 0 Å². The predicted molar refractivity (Wildman–Crippen MR) is 112 cm³/mol. The first-order valence-corrected chi connectivity index (χ1v) is 11.1. The molecule has 0 aliphatic heterocycles. The fourth-order valence-corrected chi connectivity index (χ4v) is 4.73. The summed E-state index contributed by atoms with van der Waals surface area (Å²) in [5.41, 5.74) is 8.62. The van der Waals surface area contributed by atoms with E-state index in [1.807, 2.05) is 46.8 Å². The summed E-state index contributed by atoms with van der Waals surface area (Å²) in [6.45, 7) is 9.89. The van der Waals surface area contributed by atoms with Crippen molar-refractivity contribution < 1.29 is 19.4 Å². The average molecular weight is 426 g/mol. The maximum Gasteiger partial charge on any atom is 0.310 e. The number of aryl methyl sites for hydroxylation is 5. The lowest BCUT2D eigenvalue weighted by atomic mass is 9.88. The number of hydrogen-bond donors (Lipinski definition) is 0. The SMILES string of the molecule is Cc1cc(C)c(-c2cc(C)c(-c3ccc(S(F)(F)(F)(F)F)cc3)c(C)c2)c(C)c1. The molecule has 0 fully saturated rings. The molecule has 0 amide bonds. The van der Waals surface area contributed by atoms with Gasteiger partial charge in [0.05, 0.1) is 0 Å². The van der Waals surface area contributed by atoms with E-state index in [0.717, 1.165) is 51.1 Å². The summed E-state index contributed by atoms with van der Waals surface area (Å²) in [7, 11) is -9.67. The monoisotopic (exact) mass is 426 g/mol. The zero-order chi connectivity index (χ0) is 21.8. The van der Waals surface area contributed by atoms with Gasteiger partial charge in [-0.05, 0) is 91.3 Å². The molecule has 156 valence electrons. The van der Waals surface area contributed by atoms with Crippen LogP contribution < -0.4 is 0 Å². The van der Waals surface area contributed by atoms with E-state index in [9.17, 15) is 19.4 Å². The van der Waals surface area contributed by atoms with Crippen molar-refractivity contribution in [2.75, 3.05) is 0 Å². The molecular formula is C23H23F5S. The summed E-state index contributed by atoms with van der Waals surface area (Å²) in [6.07, 6.45) is 0. The van der Waals surface area contributed by atoms with Crippen LogP contribution in [0.1, 0.15) is 27.8 Å². The summed E-state index contributed by atoms with van der Waals surface area (Å²) in [4.78, 5) is -1.87. The van der Waals surface area contributed by atoms with Gasteiger partial charge in [-0.1, -0.05) is 61.4 Å². The predicted octanol–water partition coefficient (Wildman–Crippen LogP) is 9.22. The van der Waals surface area contributed by atoms with Crippen LogP contribution in [0.4, 0.5) is 19.4 Å². The van der Waals surface area contributed by atoms with Gasteiger partial charge in [-0.2, -0.15) is 0 Å². The lowest BCUT2D eigenvalue weighted by Gasteiger charge is -2.40. The number of hydrogen-bond acceptors (Lipinski definition) is 0. The Labute approximate surface area is 168 Å². The van der Waals surface area contributed by atoms with Crippen molar-refractivity contribution in [3.63, 3.8) is 0 Å². The van der Waals surface area contributed by atoms with E-state index in [1.165, 1.54) is 5.56 Å². The van der Waals surface area contributed by atoms with E-state index in [0.29, 0.717) is 17.7 Å². The van der Waals surface area contributed by atoms with Gasteiger partial charge in [-0.3, -0.25) is 0 Å². The quantitative estimate of drug-likeness (QED) is 0.366. The van der Waals surface area contributed by atoms with E-state index >= 15 is 0 Å². The molecule has 0 heterocycles. The van der Waals surface area contributed by atoms with Crippen LogP contribution in [-0.2, 0) is 0 Å². The van der Waals surface area contributed by atoms with Crippen LogP contribution in [-0.4, -0.2) is 0 Å². The second kappa shape index (κ2) is 6.08. The third kappa shape index (κ3) is 4.32. The van der Waals surface area contributed by atoms with E-state index < -0.39 is 15.1 Å². The molecule has 0 atom stereocenters. The Balaban J connectivity index is 2.11. The first-order chi connectivity index (χ1) is 13.1. The van der Waals surface area contributed by atoms with Crippen molar-refractivity contribution in [3.05, 3.63) is 76.3 Å². The molecule has 6 heteroatoms. The van der Waals surface area contributed by atoms with E-state index in [-0.39, 0.29) is 0 Å². The van der Waals surface area contributed by atoms with Crippen molar-refractivity contribution in [2.45, 2.75) is 39.5 Å². The van der Waals surface area contributed by atoms with Crippen LogP contribution in [0.25, 0.3) is 22.3 Å². The smallest absolute Gasteiger partial charge is 0.0936 e. The highest BCUT2D eigenvalue weighted by Gasteiger charge is 2.65. The second-order valence-corrected chi connectivity index (χ2v) is 10.2.